The number of aryl methyl sites for hydroxylation is 1. The predicted molar refractivity (Wildman–Crippen MR) is 85.4 cm³/mol. The lowest BCUT2D eigenvalue weighted by atomic mass is 10.1. The largest absolute Gasteiger partial charge is 0.333 e. The number of urea groups is 1. The molecule has 0 aliphatic carbocycles. The summed E-state index contributed by atoms with van der Waals surface area (Å²) in [4.78, 5) is 56.7. The Balaban J connectivity index is 2.56. The Labute approximate surface area is 137 Å². The van der Waals surface area contributed by atoms with Crippen molar-refractivity contribution < 1.29 is 14.4 Å². The number of isocyanates is 2. The molecule has 0 fully saturated rings. The molecule has 10 heteroatoms. The van der Waals surface area contributed by atoms with Gasteiger partial charge in [-0.15, -0.1) is 0 Å². The van der Waals surface area contributed by atoms with Gasteiger partial charge in [-0.3, -0.25) is 10.1 Å². The second-order valence-corrected chi connectivity index (χ2v) is 4.95. The highest BCUT2D eigenvalue weighted by molar-refractivity contribution is 5.87. The molecule has 3 N–H and O–H groups in total. The van der Waals surface area contributed by atoms with E-state index in [4.69, 9.17) is 0 Å². The molecule has 0 aliphatic heterocycles. The number of aromatic nitrogens is 2. The maximum absolute atomic E-state index is 11.9. The lowest BCUT2D eigenvalue weighted by Gasteiger charge is -2.16. The molecular weight excluding hydrogens is 316 g/mol. The van der Waals surface area contributed by atoms with Crippen LogP contribution in [0.25, 0.3) is 0 Å². The first kappa shape index (κ1) is 19.0. The second-order valence-electron chi connectivity index (χ2n) is 4.95. The highest BCUT2D eigenvalue weighted by Crippen LogP contribution is 2.03. The average Bonchev–Trinajstić information content (AvgIpc) is 2.51. The van der Waals surface area contributed by atoms with Crippen molar-refractivity contribution in [1.29, 1.82) is 0 Å². The van der Waals surface area contributed by atoms with Crippen LogP contribution >= 0.6 is 0 Å². The molecule has 0 spiro atoms. The van der Waals surface area contributed by atoms with Gasteiger partial charge in [0.25, 0.3) is 5.56 Å². The highest BCUT2D eigenvalue weighted by atomic mass is 16.2. The van der Waals surface area contributed by atoms with Crippen LogP contribution in [0.5, 0.6) is 0 Å². The minimum absolute atomic E-state index is 0.0236. The van der Waals surface area contributed by atoms with Gasteiger partial charge in [-0.25, -0.2) is 24.4 Å². The Morgan fingerprint density at radius 2 is 2.08 bits per heavy atom. The van der Waals surface area contributed by atoms with Crippen LogP contribution in [-0.2, 0) is 9.59 Å². The molecule has 1 unspecified atom stereocenters. The third-order valence-corrected chi connectivity index (χ3v) is 2.96. The molecule has 0 saturated carbocycles. The van der Waals surface area contributed by atoms with Gasteiger partial charge in [0.05, 0.1) is 19.1 Å². The number of anilines is 1. The normalized spacial score (nSPS) is 10.9. The molecule has 24 heavy (non-hydrogen) atoms. The Morgan fingerprint density at radius 3 is 2.75 bits per heavy atom. The van der Waals surface area contributed by atoms with Gasteiger partial charge < -0.3 is 10.3 Å². The number of hydrogen-bond acceptors (Lipinski definition) is 7. The van der Waals surface area contributed by atoms with Gasteiger partial charge in [0.15, 0.2) is 0 Å². The highest BCUT2D eigenvalue weighted by Gasteiger charge is 2.13. The third-order valence-electron chi connectivity index (χ3n) is 2.96. The predicted octanol–water partition coefficient (Wildman–Crippen LogP) is 0.410. The Kier molecular flexibility index (Phi) is 8.38. The van der Waals surface area contributed by atoms with Crippen molar-refractivity contribution >= 4 is 24.1 Å². The van der Waals surface area contributed by atoms with E-state index in [0.29, 0.717) is 31.5 Å². The van der Waals surface area contributed by atoms with Crippen LogP contribution in [0.4, 0.5) is 10.7 Å². The number of amides is 2. The molecule has 10 nitrogen and oxygen atoms in total. The number of nitrogens with one attached hydrogen (secondary N) is 3. The van der Waals surface area contributed by atoms with Crippen LogP contribution in [0, 0.1) is 6.92 Å². The summed E-state index contributed by atoms with van der Waals surface area (Å²) < 4.78 is 0. The zero-order chi connectivity index (χ0) is 17.8. The van der Waals surface area contributed by atoms with Gasteiger partial charge in [-0.2, -0.15) is 4.98 Å². The SMILES string of the molecule is Cc1cc(=O)nc(NC(=O)NC(CCCCN=C=O)CN=C=O)[nH]1. The van der Waals surface area contributed by atoms with Crippen molar-refractivity contribution in [2.24, 2.45) is 9.98 Å². The maximum atomic E-state index is 11.9. The smallest absolute Gasteiger partial charge is 0.321 e. The minimum atomic E-state index is -0.583. The molecule has 0 saturated heterocycles. The number of unbranched alkanes of at least 4 members (excludes halogenated alkanes) is 1. The van der Waals surface area contributed by atoms with E-state index < -0.39 is 17.6 Å². The minimum Gasteiger partial charge on any atom is -0.333 e. The lowest BCUT2D eigenvalue weighted by Crippen LogP contribution is -2.40. The van der Waals surface area contributed by atoms with Crippen molar-refractivity contribution in [2.75, 3.05) is 18.4 Å². The number of rotatable bonds is 9. The number of aliphatic imine (C=N–C) groups is 2. The van der Waals surface area contributed by atoms with Gasteiger partial charge in [0, 0.05) is 11.8 Å². The third kappa shape index (κ3) is 7.79. The molecular formula is C14H18N6O4. The van der Waals surface area contributed by atoms with E-state index in [-0.39, 0.29) is 12.5 Å². The molecule has 0 radical (unpaired) electrons. The number of carbonyl (C=O) groups excluding carboxylic acids is 3. The maximum Gasteiger partial charge on any atom is 0.321 e. The average molecular weight is 334 g/mol. The summed E-state index contributed by atoms with van der Waals surface area (Å²) in [7, 11) is 0. The number of hydrogen-bond donors (Lipinski definition) is 3. The van der Waals surface area contributed by atoms with Gasteiger partial charge in [-0.1, -0.05) is 0 Å². The first-order chi connectivity index (χ1) is 11.5. The van der Waals surface area contributed by atoms with Gasteiger partial charge in [0.1, 0.15) is 0 Å². The standard InChI is InChI=1S/C14H18N6O4/c1-10-6-12(23)19-13(17-10)20-14(24)18-11(7-16-9-22)4-2-3-5-15-8-21/h6,11H,2-5,7H2,1H3,(H3,17,18,19,20,23,24). The summed E-state index contributed by atoms with van der Waals surface area (Å²) in [5.41, 5.74) is 0.0857. The molecule has 1 rings (SSSR count). The van der Waals surface area contributed by atoms with Crippen LogP contribution in [0.1, 0.15) is 25.0 Å². The van der Waals surface area contributed by atoms with E-state index in [9.17, 15) is 19.2 Å². The molecule has 0 aromatic carbocycles. The summed E-state index contributed by atoms with van der Waals surface area (Å²) in [5.74, 6) is 0.0236. The van der Waals surface area contributed by atoms with Crippen LogP contribution in [0.2, 0.25) is 0 Å². The van der Waals surface area contributed by atoms with Crippen molar-refractivity contribution in [2.45, 2.75) is 32.2 Å². The fourth-order valence-corrected chi connectivity index (χ4v) is 1.95. The molecule has 1 heterocycles. The summed E-state index contributed by atoms with van der Waals surface area (Å²) in [6.45, 7) is 2.09. The molecule has 1 atom stereocenters. The van der Waals surface area contributed by atoms with E-state index in [1.165, 1.54) is 18.2 Å². The Morgan fingerprint density at radius 1 is 1.33 bits per heavy atom. The first-order valence-corrected chi connectivity index (χ1v) is 7.28. The molecule has 1 aromatic heterocycles. The van der Waals surface area contributed by atoms with E-state index in [1.807, 2.05) is 0 Å². The Hall–Kier alpha value is -3.09. The van der Waals surface area contributed by atoms with Crippen LogP contribution in [-0.4, -0.2) is 47.3 Å². The van der Waals surface area contributed by atoms with Crippen LogP contribution in [0.15, 0.2) is 20.8 Å². The quantitative estimate of drug-likeness (QED) is 0.340. The Bertz CT molecular complexity index is 703. The molecule has 2 amide bonds. The molecule has 128 valence electrons. The number of carbonyl (C=O) groups is 1. The van der Waals surface area contributed by atoms with E-state index in [1.54, 1.807) is 6.92 Å². The molecule has 0 bridgehead atoms. The summed E-state index contributed by atoms with van der Waals surface area (Å²) >= 11 is 0. The number of aromatic amines is 1. The summed E-state index contributed by atoms with van der Waals surface area (Å²) in [6.07, 6.45) is 4.72. The van der Waals surface area contributed by atoms with E-state index >= 15 is 0 Å². The lowest BCUT2D eigenvalue weighted by molar-refractivity contribution is 0.247. The monoisotopic (exact) mass is 334 g/mol. The van der Waals surface area contributed by atoms with Gasteiger partial charge in [0.2, 0.25) is 18.1 Å². The van der Waals surface area contributed by atoms with Gasteiger partial charge >= 0.3 is 6.03 Å². The fourth-order valence-electron chi connectivity index (χ4n) is 1.95. The topological polar surface area (TPSA) is 146 Å². The summed E-state index contributed by atoms with van der Waals surface area (Å²) in [5, 5.41) is 5.05. The van der Waals surface area contributed by atoms with Crippen LogP contribution < -0.4 is 16.2 Å². The fraction of sp³-hybridized carbons (Fsp3) is 0.500. The van der Waals surface area contributed by atoms with Gasteiger partial charge in [-0.05, 0) is 26.2 Å². The zero-order valence-electron chi connectivity index (χ0n) is 13.2. The van der Waals surface area contributed by atoms with E-state index in [0.717, 1.165) is 0 Å². The number of H-pyrrole nitrogens is 1. The first-order valence-electron chi connectivity index (χ1n) is 7.28. The molecule has 1 aromatic rings. The molecule has 0 aliphatic rings. The van der Waals surface area contributed by atoms with Crippen molar-refractivity contribution in [1.82, 2.24) is 15.3 Å². The van der Waals surface area contributed by atoms with Crippen molar-refractivity contribution in [3.8, 4) is 0 Å². The van der Waals surface area contributed by atoms with Crippen molar-refractivity contribution in [3.63, 3.8) is 0 Å². The second kappa shape index (κ2) is 10.6. The summed E-state index contributed by atoms with van der Waals surface area (Å²) in [6, 6.07) is 0.316. The van der Waals surface area contributed by atoms with Crippen LogP contribution in [0.3, 0.4) is 0 Å². The van der Waals surface area contributed by atoms with Crippen molar-refractivity contribution in [3.05, 3.63) is 22.1 Å². The zero-order valence-corrected chi connectivity index (χ0v) is 13.2. The van der Waals surface area contributed by atoms with E-state index in [2.05, 4.69) is 30.6 Å². The number of nitrogens with zero attached hydrogens (tertiary/aromatic N) is 3.